The number of hydrogen-bond acceptors (Lipinski definition) is 6. The fraction of sp³-hybridized carbons (Fsp3) is 0.694. The second-order valence-corrected chi connectivity index (χ2v) is 13.1. The number of rotatable bonds is 19. The van der Waals surface area contributed by atoms with E-state index < -0.39 is 42.0 Å². The van der Waals surface area contributed by atoms with Crippen molar-refractivity contribution in [1.82, 2.24) is 20.4 Å². The molecule has 3 amide bonds. The smallest absolute Gasteiger partial charge is 0.243 e. The van der Waals surface area contributed by atoms with Gasteiger partial charge in [0.1, 0.15) is 12.1 Å². The number of carbonyl (C=O) groups is 3. The van der Waals surface area contributed by atoms with Gasteiger partial charge >= 0.3 is 0 Å². The Hall–Kier alpha value is -2.93. The van der Waals surface area contributed by atoms with Crippen LogP contribution < -0.4 is 10.6 Å². The number of benzene rings is 1. The maximum absolute atomic E-state index is 13.8. The lowest BCUT2D eigenvalue weighted by molar-refractivity contribution is -0.137. The topological polar surface area (TPSA) is 122 Å². The van der Waals surface area contributed by atoms with Crippen molar-refractivity contribution >= 4 is 17.7 Å². The molecule has 45 heavy (non-hydrogen) atoms. The molecule has 250 valence electrons. The Bertz CT molecular complexity index is 1090. The molecule has 3 rings (SSSR count). The fourth-order valence-corrected chi connectivity index (χ4v) is 6.40. The van der Waals surface area contributed by atoms with Crippen LogP contribution in [0.1, 0.15) is 83.6 Å². The van der Waals surface area contributed by atoms with Crippen LogP contribution in [0.15, 0.2) is 30.3 Å². The van der Waals surface area contributed by atoms with Gasteiger partial charge in [0.2, 0.25) is 17.7 Å². The molecule has 1 aromatic carbocycles. The number of terminal acetylenes is 1. The Morgan fingerprint density at radius 1 is 0.956 bits per heavy atom. The van der Waals surface area contributed by atoms with Gasteiger partial charge < -0.3 is 30.6 Å². The SMILES string of the molecule is C#CC[C@H](NC(=O)C(CC(=O)N(C)CCN(CC)CC)Cc1ccccc1)C(=O)NC(CC1CCCCC1)[C@@H](O)[C@@H](O)C1CC1. The monoisotopic (exact) mass is 624 g/mol. The summed E-state index contributed by atoms with van der Waals surface area (Å²) in [4.78, 5) is 44.6. The largest absolute Gasteiger partial charge is 0.390 e. The van der Waals surface area contributed by atoms with E-state index in [0.717, 1.165) is 63.7 Å². The molecule has 0 heterocycles. The van der Waals surface area contributed by atoms with Gasteiger partial charge in [-0.05, 0) is 56.2 Å². The third kappa shape index (κ3) is 12.1. The van der Waals surface area contributed by atoms with Crippen LogP contribution in [0.2, 0.25) is 0 Å². The van der Waals surface area contributed by atoms with Crippen LogP contribution in [0.25, 0.3) is 0 Å². The lowest BCUT2D eigenvalue weighted by atomic mass is 9.82. The number of likely N-dealkylation sites (N-methyl/N-ethyl adjacent to an activating group) is 2. The van der Waals surface area contributed by atoms with Gasteiger partial charge in [-0.2, -0.15) is 0 Å². The number of hydrogen-bond donors (Lipinski definition) is 4. The van der Waals surface area contributed by atoms with E-state index >= 15 is 0 Å². The van der Waals surface area contributed by atoms with Gasteiger partial charge in [0.15, 0.2) is 0 Å². The first kappa shape index (κ1) is 36.5. The molecule has 5 atom stereocenters. The van der Waals surface area contributed by atoms with E-state index in [-0.39, 0.29) is 24.7 Å². The molecular weight excluding hydrogens is 568 g/mol. The van der Waals surface area contributed by atoms with Crippen LogP contribution in [-0.4, -0.2) is 95.3 Å². The van der Waals surface area contributed by atoms with Crippen LogP contribution in [-0.2, 0) is 20.8 Å². The Morgan fingerprint density at radius 3 is 2.22 bits per heavy atom. The predicted octanol–water partition coefficient (Wildman–Crippen LogP) is 3.13. The highest BCUT2D eigenvalue weighted by molar-refractivity contribution is 5.91. The van der Waals surface area contributed by atoms with E-state index in [9.17, 15) is 24.6 Å². The second-order valence-electron chi connectivity index (χ2n) is 13.1. The van der Waals surface area contributed by atoms with Crippen molar-refractivity contribution < 1.29 is 24.6 Å². The molecule has 2 saturated carbocycles. The number of carbonyl (C=O) groups excluding carboxylic acids is 3. The van der Waals surface area contributed by atoms with Crippen molar-refractivity contribution in [2.45, 2.75) is 109 Å². The number of aliphatic hydroxyl groups excluding tert-OH is 2. The highest BCUT2D eigenvalue weighted by Gasteiger charge is 2.40. The number of nitrogens with zero attached hydrogens (tertiary/aromatic N) is 2. The van der Waals surface area contributed by atoms with Crippen molar-refractivity contribution in [1.29, 1.82) is 0 Å². The Morgan fingerprint density at radius 2 is 1.62 bits per heavy atom. The number of nitrogens with one attached hydrogen (secondary N) is 2. The summed E-state index contributed by atoms with van der Waals surface area (Å²) in [6.07, 6.45) is 11.7. The highest BCUT2D eigenvalue weighted by atomic mass is 16.3. The molecule has 0 aromatic heterocycles. The third-order valence-corrected chi connectivity index (χ3v) is 9.65. The van der Waals surface area contributed by atoms with Gasteiger partial charge in [-0.25, -0.2) is 0 Å². The lowest BCUT2D eigenvalue weighted by Gasteiger charge is -2.33. The third-order valence-electron chi connectivity index (χ3n) is 9.65. The number of aliphatic hydroxyl groups is 2. The summed E-state index contributed by atoms with van der Waals surface area (Å²) in [5.41, 5.74) is 0.916. The molecule has 2 aliphatic rings. The zero-order chi connectivity index (χ0) is 32.8. The second kappa shape index (κ2) is 18.9. The average Bonchev–Trinajstić information content (AvgIpc) is 3.90. The molecule has 0 bridgehead atoms. The molecule has 4 N–H and O–H groups in total. The first-order valence-electron chi connectivity index (χ1n) is 17.1. The molecule has 0 spiro atoms. The summed E-state index contributed by atoms with van der Waals surface area (Å²) < 4.78 is 0. The molecule has 0 radical (unpaired) electrons. The predicted molar refractivity (Wildman–Crippen MR) is 177 cm³/mol. The van der Waals surface area contributed by atoms with Gasteiger partial charge in [0.05, 0.1) is 18.1 Å². The van der Waals surface area contributed by atoms with Crippen LogP contribution in [0.4, 0.5) is 0 Å². The van der Waals surface area contributed by atoms with Crippen LogP contribution >= 0.6 is 0 Å². The van der Waals surface area contributed by atoms with E-state index in [0.29, 0.717) is 25.3 Å². The summed E-state index contributed by atoms with van der Waals surface area (Å²) in [6.45, 7) is 7.27. The van der Waals surface area contributed by atoms with Gasteiger partial charge in [0.25, 0.3) is 0 Å². The van der Waals surface area contributed by atoms with Gasteiger partial charge in [-0.3, -0.25) is 14.4 Å². The van der Waals surface area contributed by atoms with E-state index in [1.54, 1.807) is 11.9 Å². The van der Waals surface area contributed by atoms with E-state index in [1.807, 2.05) is 30.3 Å². The Balaban J connectivity index is 1.72. The average molecular weight is 625 g/mol. The highest BCUT2D eigenvalue weighted by Crippen LogP contribution is 2.36. The quantitative estimate of drug-likeness (QED) is 0.176. The minimum absolute atomic E-state index is 0.00350. The molecular formula is C36H56N4O5. The molecule has 2 fully saturated rings. The summed E-state index contributed by atoms with van der Waals surface area (Å²) >= 11 is 0. The summed E-state index contributed by atoms with van der Waals surface area (Å²) in [5.74, 6) is 1.17. The maximum atomic E-state index is 13.8. The van der Waals surface area contributed by atoms with Crippen LogP contribution in [0.5, 0.6) is 0 Å². The summed E-state index contributed by atoms with van der Waals surface area (Å²) in [7, 11) is 1.76. The standard InChI is InChI=1S/C36H56N4O5/c1-5-14-30(36(45)38-31(24-27-17-12-9-13-18-27)34(43)33(42)28-19-20-28)37-35(44)29(23-26-15-10-8-11-16-26)25-32(41)39(4)21-22-40(6-2)7-3/h1,8,10-11,15-16,27-31,33-34,42-43H,6-7,9,12-14,17-25H2,2-4H3,(H,37,44)(H,38,45)/t29?,30-,31?,33-,34+/m0/s1. The Labute approximate surface area is 270 Å². The molecule has 2 aliphatic carbocycles. The normalized spacial score (nSPS) is 18.7. The minimum atomic E-state index is -1.10. The molecule has 0 aliphatic heterocycles. The van der Waals surface area contributed by atoms with Gasteiger partial charge in [0, 0.05) is 33.0 Å². The molecule has 1 aromatic rings. The van der Waals surface area contributed by atoms with Crippen molar-refractivity contribution in [2.24, 2.45) is 17.8 Å². The van der Waals surface area contributed by atoms with Crippen molar-refractivity contribution in [2.75, 3.05) is 33.2 Å². The Kier molecular flexibility index (Phi) is 15.3. The van der Waals surface area contributed by atoms with Crippen molar-refractivity contribution in [3.05, 3.63) is 35.9 Å². The van der Waals surface area contributed by atoms with Crippen molar-refractivity contribution in [3.8, 4) is 12.3 Å². The zero-order valence-corrected chi connectivity index (χ0v) is 27.6. The lowest BCUT2D eigenvalue weighted by Crippen LogP contribution is -2.56. The minimum Gasteiger partial charge on any atom is -0.390 e. The maximum Gasteiger partial charge on any atom is 0.243 e. The molecule has 2 unspecified atom stereocenters. The van der Waals surface area contributed by atoms with Crippen LogP contribution in [0, 0.1) is 30.1 Å². The first-order chi connectivity index (χ1) is 21.7. The number of amides is 3. The van der Waals surface area contributed by atoms with Gasteiger partial charge in [-0.15, -0.1) is 12.3 Å². The summed E-state index contributed by atoms with van der Waals surface area (Å²) in [6, 6.07) is 7.85. The van der Waals surface area contributed by atoms with Crippen molar-refractivity contribution in [3.63, 3.8) is 0 Å². The van der Waals surface area contributed by atoms with Gasteiger partial charge in [-0.1, -0.05) is 76.3 Å². The fourth-order valence-electron chi connectivity index (χ4n) is 6.40. The van der Waals surface area contributed by atoms with Crippen LogP contribution in [0.3, 0.4) is 0 Å². The molecule has 0 saturated heterocycles. The van der Waals surface area contributed by atoms with E-state index in [1.165, 1.54) is 6.42 Å². The molecule has 9 nitrogen and oxygen atoms in total. The first-order valence-corrected chi connectivity index (χ1v) is 17.1. The zero-order valence-electron chi connectivity index (χ0n) is 27.6. The molecule has 9 heteroatoms. The summed E-state index contributed by atoms with van der Waals surface area (Å²) in [5, 5.41) is 27.7. The van der Waals surface area contributed by atoms with E-state index in [2.05, 4.69) is 35.3 Å². The van der Waals surface area contributed by atoms with E-state index in [4.69, 9.17) is 6.42 Å².